The zero-order chi connectivity index (χ0) is 14.7. The second kappa shape index (κ2) is 5.87. The maximum absolute atomic E-state index is 13.8. The van der Waals surface area contributed by atoms with Crippen LogP contribution in [0.15, 0.2) is 46.0 Å². The molecule has 2 aromatic rings. The van der Waals surface area contributed by atoms with Crippen molar-refractivity contribution < 1.29 is 18.7 Å². The number of hydrogen-bond donors (Lipinski definition) is 2. The van der Waals surface area contributed by atoms with Gasteiger partial charge in [-0.3, -0.25) is 0 Å². The fourth-order valence-corrected chi connectivity index (χ4v) is 1.91. The van der Waals surface area contributed by atoms with Crippen molar-refractivity contribution in [2.24, 2.45) is 10.9 Å². The highest BCUT2D eigenvalue weighted by molar-refractivity contribution is 9.10. The van der Waals surface area contributed by atoms with Gasteiger partial charge in [0, 0.05) is 5.56 Å². The van der Waals surface area contributed by atoms with E-state index in [0.29, 0.717) is 4.47 Å². The Morgan fingerprint density at radius 1 is 1.15 bits per heavy atom. The largest absolute Gasteiger partial charge is 0.453 e. The number of amidine groups is 1. The number of oxime groups is 1. The first kappa shape index (κ1) is 14.3. The Hall–Kier alpha value is -2.15. The quantitative estimate of drug-likeness (QED) is 0.387. The van der Waals surface area contributed by atoms with Gasteiger partial charge in [0.2, 0.25) is 0 Å². The standard InChI is InChI=1S/C13H9BrF2N2O2/c14-9-6-8(15)2-4-11(9)20-12-3-1-7(5-10(12)16)13(17)18-19/h1-6,19H,(H2,17,18). The Bertz CT molecular complexity index is 677. The van der Waals surface area contributed by atoms with Gasteiger partial charge in [-0.05, 0) is 52.3 Å². The Morgan fingerprint density at radius 3 is 2.45 bits per heavy atom. The maximum Gasteiger partial charge on any atom is 0.170 e. The lowest BCUT2D eigenvalue weighted by Crippen LogP contribution is -2.13. The summed E-state index contributed by atoms with van der Waals surface area (Å²) in [5.41, 5.74) is 5.57. The van der Waals surface area contributed by atoms with Crippen molar-refractivity contribution in [1.82, 2.24) is 0 Å². The van der Waals surface area contributed by atoms with Crippen molar-refractivity contribution in [1.29, 1.82) is 0 Å². The Morgan fingerprint density at radius 2 is 1.85 bits per heavy atom. The van der Waals surface area contributed by atoms with Gasteiger partial charge in [0.1, 0.15) is 11.6 Å². The van der Waals surface area contributed by atoms with Crippen LogP contribution in [-0.2, 0) is 0 Å². The van der Waals surface area contributed by atoms with Gasteiger partial charge in [-0.2, -0.15) is 0 Å². The Labute approximate surface area is 121 Å². The molecule has 2 rings (SSSR count). The molecule has 0 aliphatic heterocycles. The van der Waals surface area contributed by atoms with Gasteiger partial charge in [0.15, 0.2) is 17.4 Å². The molecule has 0 fully saturated rings. The van der Waals surface area contributed by atoms with E-state index in [4.69, 9.17) is 15.7 Å². The molecule has 0 aliphatic carbocycles. The summed E-state index contributed by atoms with van der Waals surface area (Å²) in [6, 6.07) is 7.61. The summed E-state index contributed by atoms with van der Waals surface area (Å²) in [5, 5.41) is 11.3. The highest BCUT2D eigenvalue weighted by Gasteiger charge is 2.10. The van der Waals surface area contributed by atoms with Gasteiger partial charge in [-0.25, -0.2) is 8.78 Å². The van der Waals surface area contributed by atoms with Gasteiger partial charge in [-0.15, -0.1) is 0 Å². The third kappa shape index (κ3) is 3.05. The molecule has 0 unspecified atom stereocenters. The van der Waals surface area contributed by atoms with Gasteiger partial charge in [0.05, 0.1) is 4.47 Å². The van der Waals surface area contributed by atoms with E-state index in [9.17, 15) is 8.78 Å². The fraction of sp³-hybridized carbons (Fsp3) is 0. The van der Waals surface area contributed by atoms with Crippen LogP contribution in [0.25, 0.3) is 0 Å². The van der Waals surface area contributed by atoms with E-state index < -0.39 is 11.6 Å². The number of nitrogens with zero attached hydrogens (tertiary/aromatic N) is 1. The normalized spacial score (nSPS) is 11.4. The smallest absolute Gasteiger partial charge is 0.170 e. The topological polar surface area (TPSA) is 67.8 Å². The van der Waals surface area contributed by atoms with Crippen molar-refractivity contribution in [2.75, 3.05) is 0 Å². The molecule has 0 spiro atoms. The van der Waals surface area contributed by atoms with E-state index in [-0.39, 0.29) is 22.9 Å². The summed E-state index contributed by atoms with van der Waals surface area (Å²) >= 11 is 3.12. The third-order valence-corrected chi connectivity index (χ3v) is 3.07. The van der Waals surface area contributed by atoms with Crippen LogP contribution in [0, 0.1) is 11.6 Å². The van der Waals surface area contributed by atoms with Crippen molar-refractivity contribution in [3.63, 3.8) is 0 Å². The summed E-state index contributed by atoms with van der Waals surface area (Å²) in [7, 11) is 0. The number of nitrogens with two attached hydrogens (primary N) is 1. The lowest BCUT2D eigenvalue weighted by atomic mass is 10.2. The molecule has 0 atom stereocenters. The molecule has 20 heavy (non-hydrogen) atoms. The predicted molar refractivity (Wildman–Crippen MR) is 73.1 cm³/mol. The molecule has 0 saturated heterocycles. The fourth-order valence-electron chi connectivity index (χ4n) is 1.48. The van der Waals surface area contributed by atoms with Crippen LogP contribution in [0.4, 0.5) is 8.78 Å². The summed E-state index contributed by atoms with van der Waals surface area (Å²) in [6.45, 7) is 0. The number of ether oxygens (including phenoxy) is 1. The molecule has 7 heteroatoms. The van der Waals surface area contributed by atoms with Crippen molar-refractivity contribution in [2.45, 2.75) is 0 Å². The number of halogens is 3. The van der Waals surface area contributed by atoms with Crippen LogP contribution in [-0.4, -0.2) is 11.0 Å². The lowest BCUT2D eigenvalue weighted by molar-refractivity contribution is 0.318. The molecule has 0 saturated carbocycles. The molecular formula is C13H9BrF2N2O2. The minimum absolute atomic E-state index is 0.0632. The summed E-state index contributed by atoms with van der Waals surface area (Å²) in [6.07, 6.45) is 0. The lowest BCUT2D eigenvalue weighted by Gasteiger charge is -2.09. The maximum atomic E-state index is 13.8. The molecule has 3 N–H and O–H groups in total. The molecule has 0 aromatic heterocycles. The summed E-state index contributed by atoms with van der Waals surface area (Å²) in [4.78, 5) is 0. The van der Waals surface area contributed by atoms with E-state index in [2.05, 4.69) is 21.1 Å². The molecular weight excluding hydrogens is 334 g/mol. The first-order chi connectivity index (χ1) is 9.51. The van der Waals surface area contributed by atoms with Crippen LogP contribution in [0.2, 0.25) is 0 Å². The molecule has 0 heterocycles. The van der Waals surface area contributed by atoms with Gasteiger partial charge in [0.25, 0.3) is 0 Å². The zero-order valence-corrected chi connectivity index (χ0v) is 11.6. The molecule has 104 valence electrons. The minimum atomic E-state index is -0.690. The van der Waals surface area contributed by atoms with Crippen LogP contribution in [0.5, 0.6) is 11.5 Å². The SMILES string of the molecule is N/C(=N\O)c1ccc(Oc2ccc(F)cc2Br)c(F)c1. The number of rotatable bonds is 3. The second-order valence-corrected chi connectivity index (χ2v) is 4.66. The Kier molecular flexibility index (Phi) is 4.19. The molecule has 4 nitrogen and oxygen atoms in total. The Balaban J connectivity index is 2.30. The van der Waals surface area contributed by atoms with Gasteiger partial charge >= 0.3 is 0 Å². The van der Waals surface area contributed by atoms with Gasteiger partial charge < -0.3 is 15.7 Å². The average molecular weight is 343 g/mol. The van der Waals surface area contributed by atoms with E-state index in [0.717, 1.165) is 6.07 Å². The monoisotopic (exact) mass is 342 g/mol. The first-order valence-corrected chi connectivity index (χ1v) is 6.21. The zero-order valence-electron chi connectivity index (χ0n) is 9.98. The molecule has 0 aliphatic rings. The van der Waals surface area contributed by atoms with Crippen LogP contribution < -0.4 is 10.5 Å². The number of benzene rings is 2. The van der Waals surface area contributed by atoms with E-state index >= 15 is 0 Å². The van der Waals surface area contributed by atoms with Crippen molar-refractivity contribution in [3.8, 4) is 11.5 Å². The molecule has 0 bridgehead atoms. The summed E-state index contributed by atoms with van der Waals surface area (Å²) in [5.74, 6) is -1.13. The van der Waals surface area contributed by atoms with Crippen molar-refractivity contribution in [3.05, 3.63) is 58.1 Å². The summed E-state index contributed by atoms with van der Waals surface area (Å²) < 4.78 is 32.5. The molecule has 2 aromatic carbocycles. The van der Waals surface area contributed by atoms with Crippen LogP contribution in [0.1, 0.15) is 5.56 Å². The second-order valence-electron chi connectivity index (χ2n) is 3.81. The predicted octanol–water partition coefficient (Wildman–Crippen LogP) is 3.61. The van der Waals surface area contributed by atoms with Crippen LogP contribution in [0.3, 0.4) is 0 Å². The average Bonchev–Trinajstić information content (AvgIpc) is 2.42. The van der Waals surface area contributed by atoms with Crippen LogP contribution >= 0.6 is 15.9 Å². The van der Waals surface area contributed by atoms with E-state index in [1.54, 1.807) is 0 Å². The molecule has 0 amide bonds. The molecule has 0 radical (unpaired) electrons. The highest BCUT2D eigenvalue weighted by Crippen LogP contribution is 2.31. The van der Waals surface area contributed by atoms with Crippen molar-refractivity contribution >= 4 is 21.8 Å². The first-order valence-electron chi connectivity index (χ1n) is 5.41. The van der Waals surface area contributed by atoms with E-state index in [1.165, 1.54) is 30.3 Å². The highest BCUT2D eigenvalue weighted by atomic mass is 79.9. The third-order valence-electron chi connectivity index (χ3n) is 2.45. The van der Waals surface area contributed by atoms with Gasteiger partial charge in [-0.1, -0.05) is 5.16 Å². The minimum Gasteiger partial charge on any atom is -0.453 e. The number of hydrogen-bond acceptors (Lipinski definition) is 3. The van der Waals surface area contributed by atoms with E-state index in [1.807, 2.05) is 0 Å².